The molecule has 0 aliphatic carbocycles. The molecular formula is C11H15NO3. The summed E-state index contributed by atoms with van der Waals surface area (Å²) in [7, 11) is 1.49. The summed E-state index contributed by atoms with van der Waals surface area (Å²) in [4.78, 5) is 11.0. The minimum absolute atomic E-state index is 0.0886. The lowest BCUT2D eigenvalue weighted by atomic mass is 10.3. The molecule has 0 unspecified atom stereocenters. The van der Waals surface area contributed by atoms with Crippen molar-refractivity contribution in [2.24, 2.45) is 0 Å². The molecule has 0 heterocycles. The number of methoxy groups -OCH3 is 1. The van der Waals surface area contributed by atoms with Crippen LogP contribution in [-0.4, -0.2) is 32.8 Å². The normalized spacial score (nSPS) is 9.67. The van der Waals surface area contributed by atoms with E-state index in [0.29, 0.717) is 13.2 Å². The summed E-state index contributed by atoms with van der Waals surface area (Å²) in [6.45, 7) is 1.03. The lowest BCUT2D eigenvalue weighted by Crippen LogP contribution is -2.30. The van der Waals surface area contributed by atoms with Gasteiger partial charge >= 0.3 is 0 Å². The average Bonchev–Trinajstić information content (AvgIpc) is 2.26. The predicted molar refractivity (Wildman–Crippen MR) is 56.8 cm³/mol. The summed E-state index contributed by atoms with van der Waals surface area (Å²) in [6.07, 6.45) is 0. The Morgan fingerprint density at radius 2 is 2.07 bits per heavy atom. The van der Waals surface area contributed by atoms with Gasteiger partial charge in [0, 0.05) is 7.11 Å². The van der Waals surface area contributed by atoms with E-state index < -0.39 is 0 Å². The van der Waals surface area contributed by atoms with E-state index in [1.165, 1.54) is 7.11 Å². The van der Waals surface area contributed by atoms with Gasteiger partial charge < -0.3 is 14.8 Å². The van der Waals surface area contributed by atoms with Gasteiger partial charge in [0.25, 0.3) is 0 Å². The number of para-hydroxylation sites is 1. The number of carbonyl (C=O) groups excluding carboxylic acids is 1. The first-order valence-electron chi connectivity index (χ1n) is 4.76. The van der Waals surface area contributed by atoms with Gasteiger partial charge in [-0.3, -0.25) is 4.79 Å². The van der Waals surface area contributed by atoms with E-state index in [-0.39, 0.29) is 12.5 Å². The molecule has 1 aromatic carbocycles. The molecule has 1 rings (SSSR count). The van der Waals surface area contributed by atoms with Crippen molar-refractivity contribution in [3.8, 4) is 5.75 Å². The van der Waals surface area contributed by atoms with Crippen molar-refractivity contribution in [2.75, 3.05) is 26.9 Å². The highest BCUT2D eigenvalue weighted by atomic mass is 16.5. The molecule has 0 aliphatic rings. The number of nitrogens with one attached hydrogen (secondary N) is 1. The van der Waals surface area contributed by atoms with E-state index >= 15 is 0 Å². The highest BCUT2D eigenvalue weighted by Gasteiger charge is 1.98. The number of amides is 1. The van der Waals surface area contributed by atoms with E-state index in [0.717, 1.165) is 5.75 Å². The van der Waals surface area contributed by atoms with Crippen LogP contribution in [-0.2, 0) is 9.53 Å². The van der Waals surface area contributed by atoms with Gasteiger partial charge in [0.15, 0.2) is 0 Å². The molecule has 0 atom stereocenters. The third-order valence-corrected chi connectivity index (χ3v) is 1.71. The Morgan fingerprint density at radius 3 is 2.73 bits per heavy atom. The van der Waals surface area contributed by atoms with E-state index in [9.17, 15) is 4.79 Å². The molecule has 0 saturated heterocycles. The van der Waals surface area contributed by atoms with Crippen molar-refractivity contribution in [3.63, 3.8) is 0 Å². The summed E-state index contributed by atoms with van der Waals surface area (Å²) in [6, 6.07) is 9.47. The largest absolute Gasteiger partial charge is 0.492 e. The Morgan fingerprint density at radius 1 is 1.33 bits per heavy atom. The van der Waals surface area contributed by atoms with Crippen molar-refractivity contribution in [2.45, 2.75) is 0 Å². The fraction of sp³-hybridized carbons (Fsp3) is 0.364. The minimum Gasteiger partial charge on any atom is -0.492 e. The SMILES string of the molecule is COCC(=O)NCCOc1ccccc1. The standard InChI is InChI=1S/C11H15NO3/c1-14-9-11(13)12-7-8-15-10-5-3-2-4-6-10/h2-6H,7-9H2,1H3,(H,12,13). The number of hydrogen-bond acceptors (Lipinski definition) is 3. The summed E-state index contributed by atoms with van der Waals surface area (Å²) in [5, 5.41) is 2.66. The number of hydrogen-bond donors (Lipinski definition) is 1. The molecule has 0 aromatic heterocycles. The molecule has 4 nitrogen and oxygen atoms in total. The number of rotatable bonds is 6. The summed E-state index contributed by atoms with van der Waals surface area (Å²) < 4.78 is 10.0. The van der Waals surface area contributed by atoms with E-state index in [1.54, 1.807) is 0 Å². The van der Waals surface area contributed by atoms with Crippen molar-refractivity contribution in [1.82, 2.24) is 5.32 Å². The van der Waals surface area contributed by atoms with Gasteiger partial charge in [-0.25, -0.2) is 0 Å². The fourth-order valence-corrected chi connectivity index (χ4v) is 1.06. The summed E-state index contributed by atoms with van der Waals surface area (Å²) in [5.74, 6) is 0.674. The molecule has 0 radical (unpaired) electrons. The molecule has 0 spiro atoms. The molecule has 0 bridgehead atoms. The van der Waals surface area contributed by atoms with E-state index in [2.05, 4.69) is 10.1 Å². The van der Waals surface area contributed by atoms with Crippen LogP contribution in [0.2, 0.25) is 0 Å². The van der Waals surface area contributed by atoms with Crippen LogP contribution in [0.25, 0.3) is 0 Å². The third-order valence-electron chi connectivity index (χ3n) is 1.71. The predicted octanol–water partition coefficient (Wildman–Crippen LogP) is 0.828. The Balaban J connectivity index is 2.10. The molecule has 0 fully saturated rings. The monoisotopic (exact) mass is 209 g/mol. The molecule has 15 heavy (non-hydrogen) atoms. The first-order valence-corrected chi connectivity index (χ1v) is 4.76. The number of ether oxygens (including phenoxy) is 2. The van der Waals surface area contributed by atoms with Crippen LogP contribution in [0.1, 0.15) is 0 Å². The van der Waals surface area contributed by atoms with Gasteiger partial charge in [-0.05, 0) is 12.1 Å². The minimum atomic E-state index is -0.130. The van der Waals surface area contributed by atoms with Crippen LogP contribution >= 0.6 is 0 Å². The van der Waals surface area contributed by atoms with Crippen LogP contribution in [0.3, 0.4) is 0 Å². The first-order chi connectivity index (χ1) is 7.33. The zero-order valence-electron chi connectivity index (χ0n) is 8.73. The maximum absolute atomic E-state index is 11.0. The van der Waals surface area contributed by atoms with E-state index in [4.69, 9.17) is 4.74 Å². The average molecular weight is 209 g/mol. The van der Waals surface area contributed by atoms with Crippen LogP contribution in [0.4, 0.5) is 0 Å². The van der Waals surface area contributed by atoms with Crippen molar-refractivity contribution < 1.29 is 14.3 Å². The molecule has 82 valence electrons. The second kappa shape index (κ2) is 6.84. The highest BCUT2D eigenvalue weighted by Crippen LogP contribution is 2.07. The number of benzene rings is 1. The third kappa shape index (κ3) is 5.02. The molecule has 1 amide bonds. The molecule has 0 saturated carbocycles. The van der Waals surface area contributed by atoms with Gasteiger partial charge in [0.05, 0.1) is 6.54 Å². The molecule has 0 aliphatic heterocycles. The highest BCUT2D eigenvalue weighted by molar-refractivity contribution is 5.77. The smallest absolute Gasteiger partial charge is 0.246 e. The Bertz CT molecular complexity index is 287. The van der Waals surface area contributed by atoms with Crippen molar-refractivity contribution >= 4 is 5.91 Å². The second-order valence-corrected chi connectivity index (χ2v) is 2.94. The molecule has 1 N–H and O–H groups in total. The summed E-state index contributed by atoms with van der Waals surface area (Å²) >= 11 is 0. The van der Waals surface area contributed by atoms with Crippen LogP contribution in [0, 0.1) is 0 Å². The maximum Gasteiger partial charge on any atom is 0.246 e. The molecule has 4 heteroatoms. The second-order valence-electron chi connectivity index (χ2n) is 2.94. The molecule has 1 aromatic rings. The van der Waals surface area contributed by atoms with Gasteiger partial charge in [-0.2, -0.15) is 0 Å². The van der Waals surface area contributed by atoms with Crippen LogP contribution in [0.5, 0.6) is 5.75 Å². The molecular weight excluding hydrogens is 194 g/mol. The van der Waals surface area contributed by atoms with E-state index in [1.807, 2.05) is 30.3 Å². The fourth-order valence-electron chi connectivity index (χ4n) is 1.06. The van der Waals surface area contributed by atoms with Crippen molar-refractivity contribution in [3.05, 3.63) is 30.3 Å². The van der Waals surface area contributed by atoms with Gasteiger partial charge in [0.2, 0.25) is 5.91 Å². The van der Waals surface area contributed by atoms with Crippen LogP contribution < -0.4 is 10.1 Å². The zero-order chi connectivity index (χ0) is 10.9. The summed E-state index contributed by atoms with van der Waals surface area (Å²) in [5.41, 5.74) is 0. The lowest BCUT2D eigenvalue weighted by molar-refractivity contribution is -0.124. The van der Waals surface area contributed by atoms with Crippen molar-refractivity contribution in [1.29, 1.82) is 0 Å². The van der Waals surface area contributed by atoms with Gasteiger partial charge in [-0.1, -0.05) is 18.2 Å². The quantitative estimate of drug-likeness (QED) is 0.706. The number of carbonyl (C=O) groups is 1. The van der Waals surface area contributed by atoms with Crippen LogP contribution in [0.15, 0.2) is 30.3 Å². The van der Waals surface area contributed by atoms with Gasteiger partial charge in [0.1, 0.15) is 19.0 Å². The Kier molecular flexibility index (Phi) is 5.25. The Hall–Kier alpha value is -1.55. The first kappa shape index (κ1) is 11.5. The topological polar surface area (TPSA) is 47.6 Å². The zero-order valence-corrected chi connectivity index (χ0v) is 8.73. The Labute approximate surface area is 89.2 Å². The van der Waals surface area contributed by atoms with Gasteiger partial charge in [-0.15, -0.1) is 0 Å². The lowest BCUT2D eigenvalue weighted by Gasteiger charge is -2.06. The maximum atomic E-state index is 11.0.